The van der Waals surface area contributed by atoms with E-state index in [1.165, 1.54) is 11.3 Å². The maximum absolute atomic E-state index is 13.1. The van der Waals surface area contributed by atoms with Crippen LogP contribution in [0.3, 0.4) is 0 Å². The third-order valence-electron chi connectivity index (χ3n) is 6.05. The smallest absolute Gasteiger partial charge is 0.341 e. The Morgan fingerprint density at radius 2 is 1.97 bits per heavy atom. The summed E-state index contributed by atoms with van der Waals surface area (Å²) >= 11 is 1.31. The monoisotopic (exact) mass is 419 g/mol. The molecule has 0 saturated heterocycles. The van der Waals surface area contributed by atoms with E-state index < -0.39 is 29.4 Å². The summed E-state index contributed by atoms with van der Waals surface area (Å²) < 4.78 is 11.1. The summed E-state index contributed by atoms with van der Waals surface area (Å²) in [6.07, 6.45) is 5.07. The fourth-order valence-corrected chi connectivity index (χ4v) is 5.89. The Kier molecular flexibility index (Phi) is 5.02. The number of nitrogens with one attached hydrogen (secondary N) is 1. The number of aliphatic carboxylic acids is 1. The van der Waals surface area contributed by atoms with Crippen molar-refractivity contribution in [1.29, 1.82) is 0 Å². The highest BCUT2D eigenvalue weighted by molar-refractivity contribution is 7.17. The number of ether oxygens (including phenoxy) is 2. The number of allylic oxidation sites excluding steroid dienone is 2. The quantitative estimate of drug-likeness (QED) is 0.561. The summed E-state index contributed by atoms with van der Waals surface area (Å²) in [6, 6.07) is 0. The van der Waals surface area contributed by atoms with Crippen LogP contribution in [-0.2, 0) is 32.1 Å². The van der Waals surface area contributed by atoms with E-state index in [2.05, 4.69) is 5.32 Å². The molecule has 1 fully saturated rings. The van der Waals surface area contributed by atoms with Gasteiger partial charge in [-0.1, -0.05) is 12.2 Å². The van der Waals surface area contributed by atoms with Crippen molar-refractivity contribution < 1.29 is 29.0 Å². The van der Waals surface area contributed by atoms with Crippen LogP contribution >= 0.6 is 11.3 Å². The van der Waals surface area contributed by atoms with Crippen LogP contribution in [-0.4, -0.2) is 35.2 Å². The minimum atomic E-state index is -0.951. The molecule has 2 bridgehead atoms. The summed E-state index contributed by atoms with van der Waals surface area (Å²) in [5.74, 6) is -3.32. The normalized spacial score (nSPS) is 28.8. The summed E-state index contributed by atoms with van der Waals surface area (Å²) in [6.45, 7) is 6.25. The molecule has 156 valence electrons. The van der Waals surface area contributed by atoms with Gasteiger partial charge < -0.3 is 19.9 Å². The highest BCUT2D eigenvalue weighted by Crippen LogP contribution is 2.49. The molecular weight excluding hydrogens is 394 g/mol. The number of esters is 1. The van der Waals surface area contributed by atoms with Crippen molar-refractivity contribution in [3.63, 3.8) is 0 Å². The first kappa shape index (κ1) is 20.1. The average molecular weight is 419 g/mol. The maximum atomic E-state index is 13.1. The van der Waals surface area contributed by atoms with Crippen LogP contribution in [0, 0.1) is 23.7 Å². The predicted octanol–water partition coefficient (Wildman–Crippen LogP) is 3.24. The van der Waals surface area contributed by atoms with Gasteiger partial charge in [0.2, 0.25) is 5.91 Å². The molecule has 0 spiro atoms. The molecule has 29 heavy (non-hydrogen) atoms. The Morgan fingerprint density at radius 1 is 1.28 bits per heavy atom. The molecule has 1 saturated carbocycles. The zero-order valence-electron chi connectivity index (χ0n) is 16.7. The molecule has 1 aromatic rings. The fourth-order valence-electron chi connectivity index (χ4n) is 4.77. The number of carboxylic acids is 1. The Bertz CT molecular complexity index is 901. The number of fused-ring (bicyclic) bond motifs is 3. The van der Waals surface area contributed by atoms with Crippen molar-refractivity contribution >= 4 is 34.2 Å². The average Bonchev–Trinajstić information content (AvgIpc) is 3.33. The molecular formula is C21H25NO6S. The number of hydrogen-bond acceptors (Lipinski definition) is 6. The first-order chi connectivity index (χ1) is 13.7. The molecule has 1 aromatic heterocycles. The second-order valence-corrected chi connectivity index (χ2v) is 9.59. The largest absolute Gasteiger partial charge is 0.481 e. The van der Waals surface area contributed by atoms with Gasteiger partial charge in [-0.15, -0.1) is 11.3 Å². The Morgan fingerprint density at radius 3 is 2.62 bits per heavy atom. The van der Waals surface area contributed by atoms with Crippen LogP contribution in [0.25, 0.3) is 0 Å². The molecule has 0 radical (unpaired) electrons. The molecule has 0 unspecified atom stereocenters. The van der Waals surface area contributed by atoms with Gasteiger partial charge in [0, 0.05) is 11.3 Å². The summed E-state index contributed by atoms with van der Waals surface area (Å²) in [4.78, 5) is 38.4. The predicted molar refractivity (Wildman–Crippen MR) is 107 cm³/mol. The van der Waals surface area contributed by atoms with E-state index in [4.69, 9.17) is 9.47 Å². The van der Waals surface area contributed by atoms with Gasteiger partial charge in [-0.3, -0.25) is 9.59 Å². The van der Waals surface area contributed by atoms with Crippen molar-refractivity contribution in [2.24, 2.45) is 23.7 Å². The number of rotatable bonds is 5. The fraction of sp³-hybridized carbons (Fsp3) is 0.571. The van der Waals surface area contributed by atoms with Gasteiger partial charge in [0.25, 0.3) is 0 Å². The molecule has 0 aromatic carbocycles. The standard InChI is InChI=1S/C21H25NO6S/c1-4-27-20(26)16-12-8-21(2,3)28-9-13(12)29-18(16)22-17(23)14-10-5-6-11(7-10)15(14)19(24)25/h5-6,10-11,14-15H,4,7-9H2,1-3H3,(H,22,23)(H,24,25)/t10-,11-,14-,15+/m0/s1. The van der Waals surface area contributed by atoms with Crippen LogP contribution in [0.1, 0.15) is 48.0 Å². The summed E-state index contributed by atoms with van der Waals surface area (Å²) in [5.41, 5.74) is 0.810. The van der Waals surface area contributed by atoms with E-state index in [9.17, 15) is 19.5 Å². The molecule has 8 heteroatoms. The second-order valence-electron chi connectivity index (χ2n) is 8.48. The van der Waals surface area contributed by atoms with Gasteiger partial charge >= 0.3 is 11.9 Å². The van der Waals surface area contributed by atoms with Crippen LogP contribution in [0.4, 0.5) is 5.00 Å². The molecule has 4 rings (SSSR count). The number of thiophene rings is 1. The second kappa shape index (κ2) is 7.25. The number of carbonyl (C=O) groups excluding carboxylic acids is 2. The summed E-state index contributed by atoms with van der Waals surface area (Å²) in [7, 11) is 0. The SMILES string of the molecule is CCOC(=O)c1c(NC(=O)[C@@H]2[C@H](C(=O)O)[C@H]3C=C[C@H]2C3)sc2c1CC(C)(C)OC2. The Balaban J connectivity index is 1.66. The lowest BCUT2D eigenvalue weighted by Crippen LogP contribution is -2.36. The van der Waals surface area contributed by atoms with E-state index in [1.807, 2.05) is 26.0 Å². The van der Waals surface area contributed by atoms with Crippen LogP contribution < -0.4 is 5.32 Å². The van der Waals surface area contributed by atoms with E-state index in [-0.39, 0.29) is 24.3 Å². The zero-order valence-corrected chi connectivity index (χ0v) is 17.5. The third kappa shape index (κ3) is 3.48. The van der Waals surface area contributed by atoms with Gasteiger partial charge in [0.15, 0.2) is 0 Å². The van der Waals surface area contributed by atoms with Crippen LogP contribution in [0.2, 0.25) is 0 Å². The first-order valence-corrected chi connectivity index (χ1v) is 10.7. The van der Waals surface area contributed by atoms with Crippen LogP contribution in [0.15, 0.2) is 12.2 Å². The topological polar surface area (TPSA) is 102 Å². The number of hydrogen-bond donors (Lipinski definition) is 2. The van der Waals surface area contributed by atoms with E-state index in [0.29, 0.717) is 30.0 Å². The van der Waals surface area contributed by atoms with Crippen molar-refractivity contribution in [3.8, 4) is 0 Å². The van der Waals surface area contributed by atoms with E-state index in [0.717, 1.165) is 10.4 Å². The van der Waals surface area contributed by atoms with Crippen molar-refractivity contribution in [1.82, 2.24) is 0 Å². The van der Waals surface area contributed by atoms with Gasteiger partial charge in [-0.05, 0) is 44.6 Å². The molecule has 1 amide bonds. The third-order valence-corrected chi connectivity index (χ3v) is 7.17. The Hall–Kier alpha value is -2.19. The molecule has 1 aliphatic heterocycles. The molecule has 7 nitrogen and oxygen atoms in total. The molecule has 2 heterocycles. The number of anilines is 1. The van der Waals surface area contributed by atoms with Crippen molar-refractivity contribution in [2.75, 3.05) is 11.9 Å². The van der Waals surface area contributed by atoms with E-state index in [1.54, 1.807) is 6.92 Å². The van der Waals surface area contributed by atoms with Crippen molar-refractivity contribution in [3.05, 3.63) is 28.2 Å². The molecule has 4 atom stereocenters. The summed E-state index contributed by atoms with van der Waals surface area (Å²) in [5, 5.41) is 12.9. The lowest BCUT2D eigenvalue weighted by atomic mass is 9.82. The highest BCUT2D eigenvalue weighted by Gasteiger charge is 2.52. The van der Waals surface area contributed by atoms with Gasteiger partial charge in [-0.2, -0.15) is 0 Å². The molecule has 3 aliphatic rings. The number of carboxylic acid groups (broad SMARTS) is 1. The lowest BCUT2D eigenvalue weighted by Gasteiger charge is -2.30. The van der Waals surface area contributed by atoms with Gasteiger partial charge in [0.1, 0.15) is 5.00 Å². The highest BCUT2D eigenvalue weighted by atomic mass is 32.1. The minimum absolute atomic E-state index is 0.0796. The number of carbonyl (C=O) groups is 3. The van der Waals surface area contributed by atoms with Gasteiger partial charge in [-0.25, -0.2) is 4.79 Å². The Labute approximate surface area is 173 Å². The van der Waals surface area contributed by atoms with Crippen LogP contribution in [0.5, 0.6) is 0 Å². The van der Waals surface area contributed by atoms with Crippen molar-refractivity contribution in [2.45, 2.75) is 45.8 Å². The van der Waals surface area contributed by atoms with Gasteiger partial charge in [0.05, 0.1) is 36.2 Å². The maximum Gasteiger partial charge on any atom is 0.341 e. The van der Waals surface area contributed by atoms with E-state index >= 15 is 0 Å². The minimum Gasteiger partial charge on any atom is -0.481 e. The molecule has 2 aliphatic carbocycles. The molecule has 2 N–H and O–H groups in total. The lowest BCUT2D eigenvalue weighted by molar-refractivity contribution is -0.146. The first-order valence-electron chi connectivity index (χ1n) is 9.89. The number of amides is 1. The zero-order chi connectivity index (χ0) is 20.9.